The largest absolute Gasteiger partial charge is 0.339 e. The normalized spacial score (nSPS) is 15.1. The van der Waals surface area contributed by atoms with E-state index in [2.05, 4.69) is 4.98 Å². The molecule has 1 saturated heterocycles. The number of rotatable bonds is 6. The van der Waals surface area contributed by atoms with Crippen LogP contribution in [0.4, 0.5) is 0 Å². The molecule has 1 amide bonds. The Kier molecular flexibility index (Phi) is 6.90. The van der Waals surface area contributed by atoms with Crippen molar-refractivity contribution < 1.29 is 13.2 Å². The topological polar surface area (TPSA) is 75.5 Å². The van der Waals surface area contributed by atoms with E-state index in [-0.39, 0.29) is 11.7 Å². The standard InChI is InChI=1S/C22H23ClN4O3S2/c1-32(29,30)26-12-10-25(11-13-26)21(28)16-31-22-24-15-20(17-6-3-2-4-7-17)27(22)19-9-5-8-18(23)14-19/h2-9,14-15H,10-13,16H2,1H3. The molecule has 7 nitrogen and oxygen atoms in total. The van der Waals surface area contributed by atoms with Gasteiger partial charge in [0.05, 0.1) is 23.9 Å². The van der Waals surface area contributed by atoms with Crippen LogP contribution >= 0.6 is 23.4 Å². The van der Waals surface area contributed by atoms with E-state index in [1.807, 2.05) is 59.2 Å². The molecule has 2 heterocycles. The highest BCUT2D eigenvalue weighted by Crippen LogP contribution is 2.31. The van der Waals surface area contributed by atoms with Gasteiger partial charge in [0.25, 0.3) is 0 Å². The van der Waals surface area contributed by atoms with Gasteiger partial charge in [-0.25, -0.2) is 13.4 Å². The fourth-order valence-electron chi connectivity index (χ4n) is 3.60. The molecule has 3 aromatic rings. The molecule has 0 spiro atoms. The van der Waals surface area contributed by atoms with Gasteiger partial charge in [0, 0.05) is 42.5 Å². The summed E-state index contributed by atoms with van der Waals surface area (Å²) in [6.45, 7) is 1.43. The lowest BCUT2D eigenvalue weighted by atomic mass is 10.1. The SMILES string of the molecule is CS(=O)(=O)N1CCN(C(=O)CSc2ncc(-c3ccccc3)n2-c2cccc(Cl)c2)CC1. The van der Waals surface area contributed by atoms with Gasteiger partial charge in [0.2, 0.25) is 15.9 Å². The van der Waals surface area contributed by atoms with Crippen LogP contribution in [-0.2, 0) is 14.8 Å². The highest BCUT2D eigenvalue weighted by molar-refractivity contribution is 7.99. The number of sulfonamides is 1. The molecule has 0 bridgehead atoms. The van der Waals surface area contributed by atoms with Gasteiger partial charge in [-0.1, -0.05) is 59.8 Å². The third-order valence-electron chi connectivity index (χ3n) is 5.25. The molecule has 0 atom stereocenters. The number of hydrogen-bond acceptors (Lipinski definition) is 5. The zero-order chi connectivity index (χ0) is 22.7. The molecule has 0 unspecified atom stereocenters. The number of thioether (sulfide) groups is 1. The van der Waals surface area contributed by atoms with Crippen molar-refractivity contribution in [1.82, 2.24) is 18.8 Å². The van der Waals surface area contributed by atoms with Crippen molar-refractivity contribution in [3.05, 3.63) is 65.8 Å². The number of aromatic nitrogens is 2. The van der Waals surface area contributed by atoms with E-state index in [0.717, 1.165) is 16.9 Å². The van der Waals surface area contributed by atoms with Crippen molar-refractivity contribution in [2.45, 2.75) is 5.16 Å². The predicted octanol–water partition coefficient (Wildman–Crippen LogP) is 3.39. The lowest BCUT2D eigenvalue weighted by Gasteiger charge is -2.33. The monoisotopic (exact) mass is 490 g/mol. The highest BCUT2D eigenvalue weighted by Gasteiger charge is 2.26. The molecule has 0 N–H and O–H groups in total. The summed E-state index contributed by atoms with van der Waals surface area (Å²) in [5, 5.41) is 1.31. The van der Waals surface area contributed by atoms with E-state index in [4.69, 9.17) is 11.6 Å². The van der Waals surface area contributed by atoms with Crippen molar-refractivity contribution in [2.24, 2.45) is 0 Å². The summed E-state index contributed by atoms with van der Waals surface area (Å²) in [5.74, 6) is 0.176. The number of halogens is 1. The van der Waals surface area contributed by atoms with Crippen LogP contribution in [0.1, 0.15) is 0 Å². The highest BCUT2D eigenvalue weighted by atomic mass is 35.5. The summed E-state index contributed by atoms with van der Waals surface area (Å²) in [6.07, 6.45) is 2.99. The Bertz CT molecular complexity index is 1210. The molecule has 4 rings (SSSR count). The van der Waals surface area contributed by atoms with Crippen molar-refractivity contribution in [2.75, 3.05) is 38.2 Å². The number of hydrogen-bond donors (Lipinski definition) is 0. The summed E-state index contributed by atoms with van der Waals surface area (Å²) in [4.78, 5) is 19.1. The first-order valence-electron chi connectivity index (χ1n) is 10.1. The van der Waals surface area contributed by atoms with Gasteiger partial charge in [-0.05, 0) is 18.2 Å². The van der Waals surface area contributed by atoms with Gasteiger partial charge in [-0.3, -0.25) is 9.36 Å². The van der Waals surface area contributed by atoms with E-state index >= 15 is 0 Å². The minimum Gasteiger partial charge on any atom is -0.339 e. The molecule has 0 saturated carbocycles. The Hall–Kier alpha value is -2.33. The molecule has 1 aliphatic heterocycles. The van der Waals surface area contributed by atoms with Gasteiger partial charge in [0.1, 0.15) is 0 Å². The van der Waals surface area contributed by atoms with Crippen LogP contribution in [0.3, 0.4) is 0 Å². The Morgan fingerprint density at radius 2 is 1.78 bits per heavy atom. The molecular formula is C22H23ClN4O3S2. The minimum atomic E-state index is -3.23. The Morgan fingerprint density at radius 3 is 2.44 bits per heavy atom. The first-order chi connectivity index (χ1) is 15.3. The van der Waals surface area contributed by atoms with Crippen molar-refractivity contribution >= 4 is 39.3 Å². The van der Waals surface area contributed by atoms with Crippen LogP contribution in [0.2, 0.25) is 5.02 Å². The van der Waals surface area contributed by atoms with E-state index in [9.17, 15) is 13.2 Å². The van der Waals surface area contributed by atoms with Crippen molar-refractivity contribution in [1.29, 1.82) is 0 Å². The maximum absolute atomic E-state index is 12.8. The second-order valence-corrected chi connectivity index (χ2v) is 10.8. The molecule has 0 aliphatic carbocycles. The Balaban J connectivity index is 1.53. The maximum atomic E-state index is 12.8. The predicted molar refractivity (Wildman–Crippen MR) is 128 cm³/mol. The van der Waals surface area contributed by atoms with Gasteiger partial charge >= 0.3 is 0 Å². The number of carbonyl (C=O) groups excluding carboxylic acids is 1. The van der Waals surface area contributed by atoms with Crippen molar-refractivity contribution in [3.63, 3.8) is 0 Å². The molecule has 1 aromatic heterocycles. The molecular weight excluding hydrogens is 468 g/mol. The first kappa shape index (κ1) is 22.8. The zero-order valence-corrected chi connectivity index (χ0v) is 19.9. The molecule has 1 aliphatic rings. The number of amides is 1. The van der Waals surface area contributed by atoms with Gasteiger partial charge in [-0.15, -0.1) is 0 Å². The van der Waals surface area contributed by atoms with Crippen LogP contribution in [0.15, 0.2) is 66.0 Å². The third-order valence-corrected chi connectivity index (χ3v) is 7.73. The summed E-state index contributed by atoms with van der Waals surface area (Å²) >= 11 is 7.59. The van der Waals surface area contributed by atoms with E-state index in [1.165, 1.54) is 22.3 Å². The van der Waals surface area contributed by atoms with E-state index in [1.54, 1.807) is 11.1 Å². The van der Waals surface area contributed by atoms with Crippen LogP contribution in [0, 0.1) is 0 Å². The maximum Gasteiger partial charge on any atom is 0.233 e. The summed E-state index contributed by atoms with van der Waals surface area (Å²) in [5.41, 5.74) is 2.78. The Morgan fingerprint density at radius 1 is 1.06 bits per heavy atom. The van der Waals surface area contributed by atoms with E-state index in [0.29, 0.717) is 36.4 Å². The van der Waals surface area contributed by atoms with Crippen molar-refractivity contribution in [3.8, 4) is 16.9 Å². The molecule has 32 heavy (non-hydrogen) atoms. The fourth-order valence-corrected chi connectivity index (χ4v) is 5.51. The van der Waals surface area contributed by atoms with Crippen LogP contribution in [-0.4, -0.2) is 71.3 Å². The summed E-state index contributed by atoms with van der Waals surface area (Å²) in [7, 11) is -3.23. The lowest BCUT2D eigenvalue weighted by molar-refractivity contribution is -0.129. The number of carbonyl (C=O) groups is 1. The minimum absolute atomic E-state index is 0.0370. The lowest BCUT2D eigenvalue weighted by Crippen LogP contribution is -2.50. The fraction of sp³-hybridized carbons (Fsp3) is 0.273. The average Bonchev–Trinajstić information content (AvgIpc) is 3.21. The number of nitrogens with zero attached hydrogens (tertiary/aromatic N) is 4. The quantitative estimate of drug-likeness (QED) is 0.495. The molecule has 2 aromatic carbocycles. The molecule has 0 radical (unpaired) electrons. The number of benzene rings is 2. The van der Waals surface area contributed by atoms with Crippen LogP contribution in [0.25, 0.3) is 16.9 Å². The second kappa shape index (κ2) is 9.66. The number of piperazine rings is 1. The van der Waals surface area contributed by atoms with Gasteiger partial charge < -0.3 is 4.90 Å². The number of imidazole rings is 1. The molecule has 1 fully saturated rings. The smallest absolute Gasteiger partial charge is 0.233 e. The third kappa shape index (κ3) is 5.17. The van der Waals surface area contributed by atoms with E-state index < -0.39 is 10.0 Å². The molecule has 168 valence electrons. The van der Waals surface area contributed by atoms with Crippen LogP contribution < -0.4 is 0 Å². The van der Waals surface area contributed by atoms with Gasteiger partial charge in [0.15, 0.2) is 5.16 Å². The van der Waals surface area contributed by atoms with Gasteiger partial charge in [-0.2, -0.15) is 4.31 Å². The van der Waals surface area contributed by atoms with Crippen LogP contribution in [0.5, 0.6) is 0 Å². The Labute approximate surface area is 197 Å². The summed E-state index contributed by atoms with van der Waals surface area (Å²) in [6, 6.07) is 17.4. The summed E-state index contributed by atoms with van der Waals surface area (Å²) < 4.78 is 26.8. The average molecular weight is 491 g/mol. The zero-order valence-electron chi connectivity index (χ0n) is 17.5. The first-order valence-corrected chi connectivity index (χ1v) is 13.3. The molecule has 10 heteroatoms. The second-order valence-electron chi connectivity index (χ2n) is 7.44.